The van der Waals surface area contributed by atoms with E-state index in [4.69, 9.17) is 10.1 Å². The van der Waals surface area contributed by atoms with Gasteiger partial charge in [-0.2, -0.15) is 5.10 Å². The van der Waals surface area contributed by atoms with Crippen molar-refractivity contribution in [3.05, 3.63) is 28.0 Å². The molecule has 0 radical (unpaired) electrons. The van der Waals surface area contributed by atoms with Crippen LogP contribution >= 0.6 is 15.9 Å². The number of aryl methyl sites for hydroxylation is 1. The maximum atomic E-state index is 12.4. The average molecular weight is 449 g/mol. The van der Waals surface area contributed by atoms with Crippen LogP contribution in [0.1, 0.15) is 41.6 Å². The van der Waals surface area contributed by atoms with Gasteiger partial charge in [0.05, 0.1) is 28.0 Å². The van der Waals surface area contributed by atoms with Crippen molar-refractivity contribution in [3.63, 3.8) is 0 Å². The van der Waals surface area contributed by atoms with E-state index >= 15 is 0 Å². The van der Waals surface area contributed by atoms with Gasteiger partial charge in [-0.3, -0.25) is 9.48 Å². The molecule has 3 heterocycles. The van der Waals surface area contributed by atoms with Crippen LogP contribution in [0.25, 0.3) is 11.3 Å². The zero-order chi connectivity index (χ0) is 19.8. The first kappa shape index (κ1) is 18.7. The number of hydrogen-bond acceptors (Lipinski definition) is 5. The van der Waals surface area contributed by atoms with Crippen LogP contribution in [0.2, 0.25) is 0 Å². The van der Waals surface area contributed by atoms with Gasteiger partial charge in [-0.05, 0) is 28.8 Å². The third-order valence-corrected chi connectivity index (χ3v) is 6.12. The van der Waals surface area contributed by atoms with Gasteiger partial charge < -0.3 is 21.1 Å². The first-order valence-corrected chi connectivity index (χ1v) is 9.99. The van der Waals surface area contributed by atoms with Crippen LogP contribution in [-0.4, -0.2) is 44.0 Å². The number of carboxylic acid groups (broad SMARTS) is 1. The monoisotopic (exact) mass is 448 g/mol. The van der Waals surface area contributed by atoms with E-state index in [1.54, 1.807) is 10.9 Å². The summed E-state index contributed by atoms with van der Waals surface area (Å²) in [4.78, 5) is 28.3. The summed E-state index contributed by atoms with van der Waals surface area (Å²) >= 11 is 3.59. The maximum absolute atomic E-state index is 12.4. The van der Waals surface area contributed by atoms with E-state index in [9.17, 15) is 9.59 Å². The summed E-state index contributed by atoms with van der Waals surface area (Å²) in [6.45, 7) is 0.417. The number of amides is 2. The van der Waals surface area contributed by atoms with Crippen LogP contribution in [0.3, 0.4) is 0 Å². The Kier molecular flexibility index (Phi) is 4.96. The van der Waals surface area contributed by atoms with Crippen LogP contribution in [0.15, 0.2) is 16.9 Å². The molecule has 2 amide bonds. The number of hydrogen-bond donors (Lipinski definition) is 4. The van der Waals surface area contributed by atoms with E-state index in [2.05, 4.69) is 37.0 Å². The molecule has 1 aliphatic carbocycles. The summed E-state index contributed by atoms with van der Waals surface area (Å²) in [6, 6.07) is -0.256. The van der Waals surface area contributed by atoms with Crippen molar-refractivity contribution in [2.45, 2.75) is 44.3 Å². The fourth-order valence-corrected chi connectivity index (χ4v) is 4.48. The molecule has 1 saturated carbocycles. The SMILES string of the molecule is Cn1cc(-c2nc(N[C@@H]3CCCC[C@@H]3NC(=O)O)c(Br)c3c2C(=O)NC3)cn1. The molecule has 0 unspecified atom stereocenters. The van der Waals surface area contributed by atoms with Gasteiger partial charge in [0.1, 0.15) is 5.82 Å². The lowest BCUT2D eigenvalue weighted by atomic mass is 9.90. The lowest BCUT2D eigenvalue weighted by molar-refractivity contribution is 0.0966. The van der Waals surface area contributed by atoms with Gasteiger partial charge >= 0.3 is 6.09 Å². The van der Waals surface area contributed by atoms with Crippen molar-refractivity contribution in [3.8, 4) is 11.3 Å². The molecule has 28 heavy (non-hydrogen) atoms. The highest BCUT2D eigenvalue weighted by Crippen LogP contribution is 2.37. The van der Waals surface area contributed by atoms with Crippen molar-refractivity contribution in [1.29, 1.82) is 0 Å². The molecule has 0 spiro atoms. The van der Waals surface area contributed by atoms with Crippen LogP contribution in [0.5, 0.6) is 0 Å². The molecule has 4 rings (SSSR count). The largest absolute Gasteiger partial charge is 0.465 e. The fourth-order valence-electron chi connectivity index (χ4n) is 3.94. The Hall–Kier alpha value is -2.62. The standard InChI is InChI=1S/C18H21BrN6O3/c1-25-8-9(6-21-25)15-13-10(7-20-17(13)26)14(19)16(24-15)22-11-4-2-3-5-12(11)23-18(27)28/h6,8,11-12,23H,2-5,7H2,1H3,(H,20,26)(H,22,24)(H,27,28)/t11-,12+/m1/s1. The number of halogens is 1. The lowest BCUT2D eigenvalue weighted by Crippen LogP contribution is -2.48. The molecular formula is C18H21BrN6O3. The van der Waals surface area contributed by atoms with E-state index in [1.165, 1.54) is 0 Å². The van der Waals surface area contributed by atoms with Gasteiger partial charge in [0.2, 0.25) is 0 Å². The molecule has 1 aliphatic heterocycles. The summed E-state index contributed by atoms with van der Waals surface area (Å²) in [6.07, 6.45) is 6.11. The van der Waals surface area contributed by atoms with Crippen LogP contribution in [0.4, 0.5) is 10.6 Å². The number of pyridine rings is 1. The molecule has 1 fully saturated rings. The highest BCUT2D eigenvalue weighted by atomic mass is 79.9. The minimum absolute atomic E-state index is 0.0708. The van der Waals surface area contributed by atoms with Crippen LogP contribution in [0, 0.1) is 0 Å². The summed E-state index contributed by atoms with van der Waals surface area (Å²) in [5.41, 5.74) is 2.73. The summed E-state index contributed by atoms with van der Waals surface area (Å²) in [5, 5.41) is 22.2. The Morgan fingerprint density at radius 2 is 2.11 bits per heavy atom. The third-order valence-electron chi connectivity index (χ3n) is 5.26. The molecule has 2 atom stereocenters. The quantitative estimate of drug-likeness (QED) is 0.569. The number of nitrogens with one attached hydrogen (secondary N) is 3. The molecule has 9 nitrogen and oxygen atoms in total. The molecular weight excluding hydrogens is 428 g/mol. The van der Waals surface area contributed by atoms with Gasteiger partial charge in [0, 0.05) is 37.0 Å². The predicted octanol–water partition coefficient (Wildman–Crippen LogP) is 2.48. The van der Waals surface area contributed by atoms with Gasteiger partial charge in [-0.1, -0.05) is 12.8 Å². The van der Waals surface area contributed by atoms with Crippen molar-refractivity contribution in [2.75, 3.05) is 5.32 Å². The van der Waals surface area contributed by atoms with E-state index in [0.717, 1.165) is 41.3 Å². The maximum Gasteiger partial charge on any atom is 0.404 e. The Balaban J connectivity index is 1.73. The summed E-state index contributed by atoms with van der Waals surface area (Å²) in [7, 11) is 1.81. The first-order valence-electron chi connectivity index (χ1n) is 9.19. The zero-order valence-corrected chi connectivity index (χ0v) is 16.9. The van der Waals surface area contributed by atoms with E-state index < -0.39 is 6.09 Å². The lowest BCUT2D eigenvalue weighted by Gasteiger charge is -2.32. The number of rotatable bonds is 4. The minimum atomic E-state index is -1.02. The highest BCUT2D eigenvalue weighted by Gasteiger charge is 2.32. The highest BCUT2D eigenvalue weighted by molar-refractivity contribution is 9.10. The van der Waals surface area contributed by atoms with Gasteiger partial charge in [0.25, 0.3) is 5.91 Å². The van der Waals surface area contributed by atoms with Crippen molar-refractivity contribution < 1.29 is 14.7 Å². The second-order valence-corrected chi connectivity index (χ2v) is 7.95. The number of anilines is 1. The normalized spacial score (nSPS) is 21.1. The summed E-state index contributed by atoms with van der Waals surface area (Å²) in [5.74, 6) is 0.454. The number of fused-ring (bicyclic) bond motifs is 1. The second-order valence-electron chi connectivity index (χ2n) is 7.15. The third kappa shape index (κ3) is 3.44. The molecule has 0 saturated heterocycles. The van der Waals surface area contributed by atoms with Crippen molar-refractivity contribution in [2.24, 2.45) is 7.05 Å². The Morgan fingerprint density at radius 1 is 1.36 bits per heavy atom. The van der Waals surface area contributed by atoms with E-state index in [-0.39, 0.29) is 18.0 Å². The molecule has 2 aliphatic rings. The Labute approximate surface area is 170 Å². The summed E-state index contributed by atoms with van der Waals surface area (Å²) < 4.78 is 2.40. The minimum Gasteiger partial charge on any atom is -0.465 e. The number of carbonyl (C=O) groups excluding carboxylic acids is 1. The topological polar surface area (TPSA) is 121 Å². The molecule has 10 heteroatoms. The predicted molar refractivity (Wildman–Crippen MR) is 106 cm³/mol. The first-order chi connectivity index (χ1) is 13.4. The number of carbonyl (C=O) groups is 2. The zero-order valence-electron chi connectivity index (χ0n) is 15.3. The molecule has 0 bridgehead atoms. The van der Waals surface area contributed by atoms with Gasteiger partial charge in [-0.25, -0.2) is 9.78 Å². The van der Waals surface area contributed by atoms with Crippen molar-refractivity contribution in [1.82, 2.24) is 25.4 Å². The van der Waals surface area contributed by atoms with E-state index in [1.807, 2.05) is 13.2 Å². The fraction of sp³-hybridized carbons (Fsp3) is 0.444. The molecule has 4 N–H and O–H groups in total. The number of nitrogens with zero attached hydrogens (tertiary/aromatic N) is 3. The molecule has 2 aromatic rings. The average Bonchev–Trinajstić information content (AvgIpc) is 3.25. The Morgan fingerprint density at radius 3 is 2.79 bits per heavy atom. The molecule has 2 aromatic heterocycles. The van der Waals surface area contributed by atoms with Crippen molar-refractivity contribution >= 4 is 33.7 Å². The smallest absolute Gasteiger partial charge is 0.404 e. The van der Waals surface area contributed by atoms with Crippen LogP contribution < -0.4 is 16.0 Å². The number of aromatic nitrogens is 3. The molecule has 148 valence electrons. The van der Waals surface area contributed by atoms with Gasteiger partial charge in [-0.15, -0.1) is 0 Å². The molecule has 0 aromatic carbocycles. The van der Waals surface area contributed by atoms with Gasteiger partial charge in [0.15, 0.2) is 0 Å². The second kappa shape index (κ2) is 7.42. The van der Waals surface area contributed by atoms with E-state index in [0.29, 0.717) is 23.6 Å². The Bertz CT molecular complexity index is 944. The van der Waals surface area contributed by atoms with Crippen LogP contribution in [-0.2, 0) is 13.6 Å².